The highest BCUT2D eigenvalue weighted by Crippen LogP contribution is 2.25. The molecule has 2 aliphatic rings. The molecule has 134 valence electrons. The molecule has 0 radical (unpaired) electrons. The molecule has 5 nitrogen and oxygen atoms in total. The Morgan fingerprint density at radius 1 is 1.25 bits per heavy atom. The Morgan fingerprint density at radius 2 is 1.96 bits per heavy atom. The Labute approximate surface area is 145 Å². The topological polar surface area (TPSA) is 47.4 Å². The van der Waals surface area contributed by atoms with Gasteiger partial charge in [-0.15, -0.1) is 0 Å². The molecule has 0 aromatic carbocycles. The normalized spacial score (nSPS) is 19.2. The molecule has 0 N–H and O–H groups in total. The van der Waals surface area contributed by atoms with Crippen LogP contribution in [-0.4, -0.2) is 39.2 Å². The van der Waals surface area contributed by atoms with Crippen LogP contribution in [0.2, 0.25) is 0 Å². The SMILES string of the molecule is CC(C)(C)OC(=O)N1CCC(CCn2cnc3c2CCCC3)CC1. The predicted octanol–water partition coefficient (Wildman–Crippen LogP) is 3.80. The Kier molecular flexibility index (Phi) is 5.16. The molecule has 0 spiro atoms. The largest absolute Gasteiger partial charge is 0.444 e. The van der Waals surface area contributed by atoms with Gasteiger partial charge in [0.15, 0.2) is 0 Å². The predicted molar refractivity (Wildman–Crippen MR) is 94.0 cm³/mol. The van der Waals surface area contributed by atoms with Gasteiger partial charge in [0.25, 0.3) is 0 Å². The highest BCUT2D eigenvalue weighted by atomic mass is 16.6. The summed E-state index contributed by atoms with van der Waals surface area (Å²) in [6.45, 7) is 8.47. The van der Waals surface area contributed by atoms with Crippen molar-refractivity contribution in [1.82, 2.24) is 14.5 Å². The number of likely N-dealkylation sites (tertiary alicyclic amines) is 1. The van der Waals surface area contributed by atoms with E-state index in [1.807, 2.05) is 32.0 Å². The fraction of sp³-hybridized carbons (Fsp3) is 0.789. The Balaban J connectivity index is 1.44. The van der Waals surface area contributed by atoms with Crippen LogP contribution < -0.4 is 0 Å². The maximum atomic E-state index is 12.1. The zero-order valence-corrected chi connectivity index (χ0v) is 15.4. The number of rotatable bonds is 3. The van der Waals surface area contributed by atoms with E-state index in [9.17, 15) is 4.79 Å². The number of aryl methyl sites for hydroxylation is 2. The van der Waals surface area contributed by atoms with Crippen molar-refractivity contribution in [2.45, 2.75) is 77.9 Å². The lowest BCUT2D eigenvalue weighted by molar-refractivity contribution is 0.0180. The minimum absolute atomic E-state index is 0.162. The van der Waals surface area contributed by atoms with Crippen LogP contribution in [0, 0.1) is 5.92 Å². The van der Waals surface area contributed by atoms with Gasteiger partial charge in [-0.25, -0.2) is 9.78 Å². The lowest BCUT2D eigenvalue weighted by Gasteiger charge is -2.33. The third-order valence-corrected chi connectivity index (χ3v) is 5.15. The van der Waals surface area contributed by atoms with Gasteiger partial charge in [0, 0.05) is 25.3 Å². The molecule has 2 heterocycles. The average Bonchev–Trinajstić information content (AvgIpc) is 2.95. The fourth-order valence-electron chi connectivity index (χ4n) is 3.78. The first kappa shape index (κ1) is 17.3. The smallest absolute Gasteiger partial charge is 0.410 e. The van der Waals surface area contributed by atoms with Crippen molar-refractivity contribution in [2.75, 3.05) is 13.1 Å². The van der Waals surface area contributed by atoms with Crippen molar-refractivity contribution >= 4 is 6.09 Å². The fourth-order valence-corrected chi connectivity index (χ4v) is 3.78. The quantitative estimate of drug-likeness (QED) is 0.845. The van der Waals surface area contributed by atoms with Gasteiger partial charge in [-0.3, -0.25) is 0 Å². The van der Waals surface area contributed by atoms with Crippen molar-refractivity contribution in [1.29, 1.82) is 0 Å². The molecule has 1 amide bonds. The summed E-state index contributed by atoms with van der Waals surface area (Å²) in [5.41, 5.74) is 2.38. The highest BCUT2D eigenvalue weighted by molar-refractivity contribution is 5.68. The number of carbonyl (C=O) groups is 1. The summed E-state index contributed by atoms with van der Waals surface area (Å²) in [5, 5.41) is 0. The summed E-state index contributed by atoms with van der Waals surface area (Å²) in [7, 11) is 0. The average molecular weight is 333 g/mol. The maximum absolute atomic E-state index is 12.1. The Bertz CT molecular complexity index is 566. The van der Waals surface area contributed by atoms with Crippen LogP contribution >= 0.6 is 0 Å². The van der Waals surface area contributed by atoms with Gasteiger partial charge in [-0.2, -0.15) is 0 Å². The van der Waals surface area contributed by atoms with Gasteiger partial charge < -0.3 is 14.2 Å². The Hall–Kier alpha value is -1.52. The van der Waals surface area contributed by atoms with Gasteiger partial charge in [0.05, 0.1) is 12.0 Å². The van der Waals surface area contributed by atoms with Crippen molar-refractivity contribution in [3.05, 3.63) is 17.7 Å². The number of hydrogen-bond acceptors (Lipinski definition) is 3. The van der Waals surface area contributed by atoms with Gasteiger partial charge in [-0.1, -0.05) is 0 Å². The minimum Gasteiger partial charge on any atom is -0.444 e. The van der Waals surface area contributed by atoms with Crippen LogP contribution in [0.5, 0.6) is 0 Å². The van der Waals surface area contributed by atoms with Crippen LogP contribution in [0.1, 0.15) is 64.3 Å². The molecular weight excluding hydrogens is 302 g/mol. The molecule has 0 unspecified atom stereocenters. The first-order valence-electron chi connectivity index (χ1n) is 9.43. The van der Waals surface area contributed by atoms with Crippen LogP contribution in [0.25, 0.3) is 0 Å². The molecule has 3 rings (SSSR count). The molecule has 1 aromatic heterocycles. The number of carbonyl (C=O) groups excluding carboxylic acids is 1. The second-order valence-corrected chi connectivity index (χ2v) is 8.24. The lowest BCUT2D eigenvalue weighted by atomic mass is 9.93. The van der Waals surface area contributed by atoms with E-state index in [4.69, 9.17) is 4.74 Å². The first-order valence-corrected chi connectivity index (χ1v) is 9.43. The highest BCUT2D eigenvalue weighted by Gasteiger charge is 2.27. The number of ether oxygens (including phenoxy) is 1. The van der Waals surface area contributed by atoms with Crippen molar-refractivity contribution in [3.8, 4) is 0 Å². The number of nitrogens with zero attached hydrogens (tertiary/aromatic N) is 3. The summed E-state index contributed by atoms with van der Waals surface area (Å²) in [4.78, 5) is 18.6. The summed E-state index contributed by atoms with van der Waals surface area (Å²) < 4.78 is 7.84. The molecule has 1 aliphatic heterocycles. The summed E-state index contributed by atoms with van der Waals surface area (Å²) >= 11 is 0. The Morgan fingerprint density at radius 3 is 2.67 bits per heavy atom. The van der Waals surface area contributed by atoms with E-state index in [0.29, 0.717) is 5.92 Å². The number of amides is 1. The maximum Gasteiger partial charge on any atom is 0.410 e. The van der Waals surface area contributed by atoms with E-state index in [-0.39, 0.29) is 6.09 Å². The first-order chi connectivity index (χ1) is 11.4. The van der Waals surface area contributed by atoms with Crippen molar-refractivity contribution in [3.63, 3.8) is 0 Å². The standard InChI is InChI=1S/C19H31N3O2/c1-19(2,3)24-18(23)21-11-8-15(9-12-21)10-13-22-14-20-16-6-4-5-7-17(16)22/h14-15H,4-13H2,1-3H3. The summed E-state index contributed by atoms with van der Waals surface area (Å²) in [5.74, 6) is 0.699. The number of imidazole rings is 1. The van der Waals surface area contributed by atoms with E-state index in [1.54, 1.807) is 0 Å². The molecule has 0 atom stereocenters. The summed E-state index contributed by atoms with van der Waals surface area (Å²) in [6.07, 6.45) is 10.1. The molecule has 1 fully saturated rings. The number of aromatic nitrogens is 2. The number of piperidine rings is 1. The van der Waals surface area contributed by atoms with Crippen LogP contribution in [-0.2, 0) is 24.1 Å². The zero-order chi connectivity index (χ0) is 17.2. The third-order valence-electron chi connectivity index (χ3n) is 5.15. The van der Waals surface area contributed by atoms with Gasteiger partial charge in [0.2, 0.25) is 0 Å². The van der Waals surface area contributed by atoms with E-state index >= 15 is 0 Å². The van der Waals surface area contributed by atoms with Gasteiger partial charge in [-0.05, 0) is 71.6 Å². The third kappa shape index (κ3) is 4.31. The van der Waals surface area contributed by atoms with Gasteiger partial charge >= 0.3 is 6.09 Å². The monoisotopic (exact) mass is 333 g/mol. The van der Waals surface area contributed by atoms with E-state index in [1.165, 1.54) is 37.1 Å². The van der Waals surface area contributed by atoms with Gasteiger partial charge in [0.1, 0.15) is 5.60 Å². The molecule has 5 heteroatoms. The lowest BCUT2D eigenvalue weighted by Crippen LogP contribution is -2.41. The van der Waals surface area contributed by atoms with Crippen LogP contribution in [0.15, 0.2) is 6.33 Å². The molecule has 0 saturated carbocycles. The van der Waals surface area contributed by atoms with Crippen molar-refractivity contribution in [2.24, 2.45) is 5.92 Å². The number of hydrogen-bond donors (Lipinski definition) is 0. The van der Waals surface area contributed by atoms with Crippen molar-refractivity contribution < 1.29 is 9.53 Å². The second-order valence-electron chi connectivity index (χ2n) is 8.24. The minimum atomic E-state index is -0.408. The van der Waals surface area contributed by atoms with E-state index in [0.717, 1.165) is 38.9 Å². The van der Waals surface area contributed by atoms with Crippen LogP contribution in [0.4, 0.5) is 4.79 Å². The summed E-state index contributed by atoms with van der Waals surface area (Å²) in [6, 6.07) is 0. The molecule has 1 saturated heterocycles. The van der Waals surface area contributed by atoms with E-state index < -0.39 is 5.60 Å². The second kappa shape index (κ2) is 7.16. The molecule has 1 aliphatic carbocycles. The molecule has 1 aromatic rings. The number of fused-ring (bicyclic) bond motifs is 1. The molecular formula is C19H31N3O2. The molecule has 24 heavy (non-hydrogen) atoms. The molecule has 0 bridgehead atoms. The van der Waals surface area contributed by atoms with E-state index in [2.05, 4.69) is 9.55 Å². The van der Waals surface area contributed by atoms with Crippen LogP contribution in [0.3, 0.4) is 0 Å². The zero-order valence-electron chi connectivity index (χ0n) is 15.4.